The molecule has 0 fully saturated rings. The molecule has 0 aliphatic heterocycles. The van der Waals surface area contributed by atoms with Crippen LogP contribution in [0.5, 0.6) is 0 Å². The van der Waals surface area contributed by atoms with Crippen LogP contribution in [0.4, 0.5) is 10.1 Å². The molecule has 0 aliphatic rings. The molecule has 2 aromatic rings. The number of nitrogens with one attached hydrogen (secondary N) is 2. The van der Waals surface area contributed by atoms with Crippen LogP contribution in [-0.2, 0) is 0 Å². The van der Waals surface area contributed by atoms with E-state index in [0.29, 0.717) is 5.11 Å². The summed E-state index contributed by atoms with van der Waals surface area (Å²) < 4.78 is 12.9. The average molecular weight is 302 g/mol. The van der Waals surface area contributed by atoms with E-state index in [1.54, 1.807) is 12.1 Å². The van der Waals surface area contributed by atoms with Crippen molar-refractivity contribution in [3.05, 3.63) is 65.0 Å². The van der Waals surface area contributed by atoms with Gasteiger partial charge in [-0.1, -0.05) is 29.8 Å². The molecule has 1 unspecified atom stereocenters. The average Bonchev–Trinajstić information content (AvgIpc) is 2.42. The zero-order valence-electron chi connectivity index (χ0n) is 12.4. The van der Waals surface area contributed by atoms with Gasteiger partial charge >= 0.3 is 0 Å². The second-order valence-corrected chi connectivity index (χ2v) is 5.60. The molecular formula is C17H19FN2S. The molecule has 0 radical (unpaired) electrons. The topological polar surface area (TPSA) is 24.1 Å². The molecule has 2 rings (SSSR count). The Hall–Kier alpha value is -1.94. The molecule has 21 heavy (non-hydrogen) atoms. The molecule has 1 atom stereocenters. The summed E-state index contributed by atoms with van der Waals surface area (Å²) in [5.74, 6) is -0.234. The van der Waals surface area contributed by atoms with Gasteiger partial charge in [0.1, 0.15) is 5.82 Å². The van der Waals surface area contributed by atoms with E-state index < -0.39 is 0 Å². The fraction of sp³-hybridized carbons (Fsp3) is 0.235. The Balaban J connectivity index is 1.99. The van der Waals surface area contributed by atoms with Crippen molar-refractivity contribution in [2.24, 2.45) is 0 Å². The summed E-state index contributed by atoms with van der Waals surface area (Å²) >= 11 is 5.33. The Bertz CT molecular complexity index is 638. The Kier molecular flexibility index (Phi) is 4.91. The van der Waals surface area contributed by atoms with Crippen LogP contribution >= 0.6 is 12.2 Å². The molecule has 2 aromatic carbocycles. The van der Waals surface area contributed by atoms with Gasteiger partial charge in [-0.05, 0) is 62.3 Å². The van der Waals surface area contributed by atoms with Crippen molar-refractivity contribution in [3.63, 3.8) is 0 Å². The lowest BCUT2D eigenvalue weighted by Gasteiger charge is -2.18. The summed E-state index contributed by atoms with van der Waals surface area (Å²) in [6, 6.07) is 12.6. The SMILES string of the molecule is Cc1ccc(NC(=S)NC(C)c2ccc(F)cc2)c(C)c1. The smallest absolute Gasteiger partial charge is 0.171 e. The number of hydrogen-bond donors (Lipinski definition) is 2. The van der Waals surface area contributed by atoms with Crippen molar-refractivity contribution >= 4 is 23.0 Å². The van der Waals surface area contributed by atoms with Gasteiger partial charge < -0.3 is 10.6 Å². The van der Waals surface area contributed by atoms with Crippen LogP contribution in [-0.4, -0.2) is 5.11 Å². The fourth-order valence-electron chi connectivity index (χ4n) is 2.14. The van der Waals surface area contributed by atoms with Crippen LogP contribution in [0.15, 0.2) is 42.5 Å². The van der Waals surface area contributed by atoms with Gasteiger partial charge in [0, 0.05) is 5.69 Å². The fourth-order valence-corrected chi connectivity index (χ4v) is 2.43. The lowest BCUT2D eigenvalue weighted by Crippen LogP contribution is -2.31. The highest BCUT2D eigenvalue weighted by atomic mass is 32.1. The number of rotatable bonds is 3. The monoisotopic (exact) mass is 302 g/mol. The summed E-state index contributed by atoms with van der Waals surface area (Å²) in [5, 5.41) is 6.95. The van der Waals surface area contributed by atoms with Crippen molar-refractivity contribution in [3.8, 4) is 0 Å². The van der Waals surface area contributed by atoms with E-state index in [1.807, 2.05) is 26.0 Å². The quantitative estimate of drug-likeness (QED) is 0.817. The van der Waals surface area contributed by atoms with E-state index in [4.69, 9.17) is 12.2 Å². The van der Waals surface area contributed by atoms with Crippen molar-refractivity contribution in [1.29, 1.82) is 0 Å². The molecule has 0 saturated heterocycles. The number of thiocarbonyl (C=S) groups is 1. The molecular weight excluding hydrogens is 283 g/mol. The number of hydrogen-bond acceptors (Lipinski definition) is 1. The van der Waals surface area contributed by atoms with E-state index in [2.05, 4.69) is 23.6 Å². The van der Waals surface area contributed by atoms with E-state index in [9.17, 15) is 4.39 Å². The molecule has 0 bridgehead atoms. The molecule has 4 heteroatoms. The Morgan fingerprint density at radius 2 is 1.76 bits per heavy atom. The van der Waals surface area contributed by atoms with E-state index in [1.165, 1.54) is 17.7 Å². The number of aryl methyl sites for hydroxylation is 2. The van der Waals surface area contributed by atoms with Crippen LogP contribution in [0.3, 0.4) is 0 Å². The molecule has 0 amide bonds. The lowest BCUT2D eigenvalue weighted by molar-refractivity contribution is 0.624. The maximum atomic E-state index is 12.9. The Morgan fingerprint density at radius 1 is 1.10 bits per heavy atom. The van der Waals surface area contributed by atoms with Crippen molar-refractivity contribution in [1.82, 2.24) is 5.32 Å². The largest absolute Gasteiger partial charge is 0.356 e. The highest BCUT2D eigenvalue weighted by Gasteiger charge is 2.08. The Labute approximate surface area is 130 Å². The first-order valence-corrected chi connectivity index (χ1v) is 7.27. The Morgan fingerprint density at radius 3 is 2.38 bits per heavy atom. The van der Waals surface area contributed by atoms with Crippen LogP contribution < -0.4 is 10.6 Å². The van der Waals surface area contributed by atoms with Gasteiger partial charge in [0.25, 0.3) is 0 Å². The second-order valence-electron chi connectivity index (χ2n) is 5.19. The minimum atomic E-state index is -0.234. The van der Waals surface area contributed by atoms with Gasteiger partial charge in [-0.15, -0.1) is 0 Å². The third kappa shape index (κ3) is 4.26. The summed E-state index contributed by atoms with van der Waals surface area (Å²) in [7, 11) is 0. The first-order valence-electron chi connectivity index (χ1n) is 6.86. The van der Waals surface area contributed by atoms with Crippen LogP contribution in [0.25, 0.3) is 0 Å². The lowest BCUT2D eigenvalue weighted by atomic mass is 10.1. The van der Waals surface area contributed by atoms with Crippen molar-refractivity contribution in [2.45, 2.75) is 26.8 Å². The first kappa shape index (κ1) is 15.4. The summed E-state index contributed by atoms with van der Waals surface area (Å²) in [6.45, 7) is 6.09. The molecule has 0 aromatic heterocycles. The zero-order chi connectivity index (χ0) is 15.4. The van der Waals surface area contributed by atoms with Crippen molar-refractivity contribution < 1.29 is 4.39 Å². The third-order valence-electron chi connectivity index (χ3n) is 3.35. The summed E-state index contributed by atoms with van der Waals surface area (Å²) in [6.07, 6.45) is 0. The maximum absolute atomic E-state index is 12.9. The zero-order valence-corrected chi connectivity index (χ0v) is 13.2. The van der Waals surface area contributed by atoms with Crippen LogP contribution in [0.1, 0.15) is 29.7 Å². The minimum absolute atomic E-state index is 0.0105. The highest BCUT2D eigenvalue weighted by molar-refractivity contribution is 7.80. The molecule has 0 saturated carbocycles. The van der Waals surface area contributed by atoms with Gasteiger partial charge in [0.15, 0.2) is 5.11 Å². The predicted molar refractivity (Wildman–Crippen MR) is 90.1 cm³/mol. The van der Waals surface area contributed by atoms with Gasteiger partial charge in [-0.25, -0.2) is 4.39 Å². The molecule has 0 aliphatic carbocycles. The molecule has 0 heterocycles. The standard InChI is InChI=1S/C17H19FN2S/c1-11-4-9-16(12(2)10-11)20-17(21)19-13(3)14-5-7-15(18)8-6-14/h4-10,13H,1-3H3,(H2,19,20,21). The van der Waals surface area contributed by atoms with E-state index in [-0.39, 0.29) is 11.9 Å². The maximum Gasteiger partial charge on any atom is 0.171 e. The van der Waals surface area contributed by atoms with Gasteiger partial charge in [-0.3, -0.25) is 0 Å². The van der Waals surface area contributed by atoms with Gasteiger partial charge in [0.2, 0.25) is 0 Å². The van der Waals surface area contributed by atoms with Crippen LogP contribution in [0.2, 0.25) is 0 Å². The molecule has 2 nitrogen and oxygen atoms in total. The van der Waals surface area contributed by atoms with Crippen LogP contribution in [0, 0.1) is 19.7 Å². The van der Waals surface area contributed by atoms with Gasteiger partial charge in [-0.2, -0.15) is 0 Å². The molecule has 2 N–H and O–H groups in total. The predicted octanol–water partition coefficient (Wildman–Crippen LogP) is 4.49. The molecule has 110 valence electrons. The van der Waals surface area contributed by atoms with Crippen molar-refractivity contribution in [2.75, 3.05) is 5.32 Å². The van der Waals surface area contributed by atoms with Gasteiger partial charge in [0.05, 0.1) is 6.04 Å². The third-order valence-corrected chi connectivity index (χ3v) is 3.57. The first-order chi connectivity index (χ1) is 9.95. The molecule has 0 spiro atoms. The normalized spacial score (nSPS) is 11.8. The highest BCUT2D eigenvalue weighted by Crippen LogP contribution is 2.17. The van der Waals surface area contributed by atoms with E-state index >= 15 is 0 Å². The number of benzene rings is 2. The number of halogens is 1. The van der Waals surface area contributed by atoms with E-state index in [0.717, 1.165) is 16.8 Å². The minimum Gasteiger partial charge on any atom is -0.356 e. The summed E-state index contributed by atoms with van der Waals surface area (Å²) in [4.78, 5) is 0. The second kappa shape index (κ2) is 6.68. The number of anilines is 1. The summed E-state index contributed by atoms with van der Waals surface area (Å²) in [5.41, 5.74) is 4.34.